The quantitative estimate of drug-likeness (QED) is 0.564. The third-order valence-electron chi connectivity index (χ3n) is 2.01. The first kappa shape index (κ1) is 13.2. The number of hydrogen-bond acceptors (Lipinski definition) is 1. The third-order valence-corrected chi connectivity index (χ3v) is 2.01. The van der Waals surface area contributed by atoms with Crippen LogP contribution in [0.4, 0.5) is 0 Å². The van der Waals surface area contributed by atoms with Crippen LogP contribution in [-0.2, 0) is 4.79 Å². The Morgan fingerprint density at radius 1 is 1.36 bits per heavy atom. The molecule has 1 heteroatoms. The van der Waals surface area contributed by atoms with Gasteiger partial charge in [-0.2, -0.15) is 0 Å². The molecular formula is C13H22O. The number of ketones is 1. The number of allylic oxidation sites excluding steroid dienone is 3. The van der Waals surface area contributed by atoms with Crippen LogP contribution in [0.2, 0.25) is 0 Å². The highest BCUT2D eigenvalue weighted by molar-refractivity contribution is 5.79. The first-order chi connectivity index (χ1) is 6.56. The summed E-state index contributed by atoms with van der Waals surface area (Å²) in [7, 11) is 0. The van der Waals surface area contributed by atoms with E-state index in [0.717, 1.165) is 6.42 Å². The minimum atomic E-state index is 0.297. The van der Waals surface area contributed by atoms with Gasteiger partial charge >= 0.3 is 0 Å². The van der Waals surface area contributed by atoms with Crippen molar-refractivity contribution >= 4 is 5.78 Å². The van der Waals surface area contributed by atoms with Crippen LogP contribution in [0.25, 0.3) is 0 Å². The molecule has 0 amide bonds. The van der Waals surface area contributed by atoms with E-state index in [4.69, 9.17) is 0 Å². The van der Waals surface area contributed by atoms with Crippen molar-refractivity contribution in [2.24, 2.45) is 11.8 Å². The lowest BCUT2D eigenvalue weighted by Crippen LogP contribution is -2.03. The Bertz CT molecular complexity index is 201. The summed E-state index contributed by atoms with van der Waals surface area (Å²) in [4.78, 5) is 11.3. The second-order valence-corrected chi connectivity index (χ2v) is 4.25. The SMILES string of the molecule is C=CCC(=O)CC(C)CC=CC(C)C. The van der Waals surface area contributed by atoms with Crippen molar-refractivity contribution in [1.82, 2.24) is 0 Å². The fraction of sp³-hybridized carbons (Fsp3) is 0.615. The number of carbonyl (C=O) groups is 1. The molecule has 0 aliphatic rings. The van der Waals surface area contributed by atoms with Crippen LogP contribution >= 0.6 is 0 Å². The van der Waals surface area contributed by atoms with E-state index in [1.807, 2.05) is 0 Å². The molecular weight excluding hydrogens is 172 g/mol. The fourth-order valence-electron chi connectivity index (χ4n) is 1.30. The van der Waals surface area contributed by atoms with E-state index >= 15 is 0 Å². The predicted octanol–water partition coefficient (Wildman–Crippen LogP) is 3.76. The number of carbonyl (C=O) groups excluding carboxylic acids is 1. The molecule has 0 aliphatic heterocycles. The maximum Gasteiger partial charge on any atom is 0.136 e. The molecule has 0 saturated heterocycles. The van der Waals surface area contributed by atoms with Crippen molar-refractivity contribution in [3.05, 3.63) is 24.8 Å². The molecule has 14 heavy (non-hydrogen) atoms. The molecule has 0 rings (SSSR count). The van der Waals surface area contributed by atoms with Gasteiger partial charge in [0.1, 0.15) is 5.78 Å². The van der Waals surface area contributed by atoms with Gasteiger partial charge in [-0.3, -0.25) is 4.79 Å². The van der Waals surface area contributed by atoms with Gasteiger partial charge in [-0.1, -0.05) is 39.0 Å². The molecule has 0 aromatic rings. The van der Waals surface area contributed by atoms with Crippen LogP contribution in [0.1, 0.15) is 40.0 Å². The summed E-state index contributed by atoms with van der Waals surface area (Å²) in [5.74, 6) is 1.36. The average molecular weight is 194 g/mol. The Hall–Kier alpha value is -0.850. The Morgan fingerprint density at radius 3 is 2.50 bits per heavy atom. The zero-order chi connectivity index (χ0) is 11.0. The third kappa shape index (κ3) is 7.78. The molecule has 0 spiro atoms. The van der Waals surface area contributed by atoms with Crippen molar-refractivity contribution in [2.75, 3.05) is 0 Å². The molecule has 0 fully saturated rings. The summed E-state index contributed by atoms with van der Waals surface area (Å²) >= 11 is 0. The second-order valence-electron chi connectivity index (χ2n) is 4.25. The number of rotatable bonds is 7. The molecule has 1 nitrogen and oxygen atoms in total. The molecule has 0 radical (unpaired) electrons. The highest BCUT2D eigenvalue weighted by atomic mass is 16.1. The summed E-state index contributed by atoms with van der Waals surface area (Å²) in [6.45, 7) is 9.99. The number of hydrogen-bond donors (Lipinski definition) is 0. The highest BCUT2D eigenvalue weighted by Crippen LogP contribution is 2.11. The van der Waals surface area contributed by atoms with Crippen LogP contribution in [0.3, 0.4) is 0 Å². The molecule has 0 saturated carbocycles. The standard InChI is InChI=1S/C13H22O/c1-5-7-13(14)10-12(4)9-6-8-11(2)3/h5-6,8,11-12H,1,7,9-10H2,2-4H3. The zero-order valence-corrected chi connectivity index (χ0v) is 9.62. The van der Waals surface area contributed by atoms with E-state index in [1.54, 1.807) is 6.08 Å². The van der Waals surface area contributed by atoms with E-state index in [2.05, 4.69) is 39.5 Å². The minimum Gasteiger partial charge on any atom is -0.299 e. The Balaban J connectivity index is 3.69. The van der Waals surface area contributed by atoms with Gasteiger partial charge in [0.15, 0.2) is 0 Å². The van der Waals surface area contributed by atoms with Crippen LogP contribution in [0.5, 0.6) is 0 Å². The van der Waals surface area contributed by atoms with Gasteiger partial charge in [0.25, 0.3) is 0 Å². The van der Waals surface area contributed by atoms with Gasteiger partial charge in [0.05, 0.1) is 0 Å². The van der Waals surface area contributed by atoms with E-state index in [-0.39, 0.29) is 0 Å². The predicted molar refractivity (Wildman–Crippen MR) is 62.2 cm³/mol. The van der Waals surface area contributed by atoms with E-state index in [0.29, 0.717) is 30.5 Å². The Kier molecular flexibility index (Phi) is 7.09. The molecule has 1 atom stereocenters. The van der Waals surface area contributed by atoms with Crippen molar-refractivity contribution < 1.29 is 4.79 Å². The number of Topliss-reactive ketones (excluding diaryl/α,β-unsaturated/α-hetero) is 1. The lowest BCUT2D eigenvalue weighted by Gasteiger charge is -2.06. The molecule has 0 N–H and O–H groups in total. The van der Waals surface area contributed by atoms with Gasteiger partial charge < -0.3 is 0 Å². The van der Waals surface area contributed by atoms with Crippen molar-refractivity contribution in [3.8, 4) is 0 Å². The summed E-state index contributed by atoms with van der Waals surface area (Å²) in [6.07, 6.45) is 8.23. The normalized spacial score (nSPS) is 13.4. The van der Waals surface area contributed by atoms with E-state index in [1.165, 1.54) is 0 Å². The van der Waals surface area contributed by atoms with E-state index in [9.17, 15) is 4.79 Å². The maximum absolute atomic E-state index is 11.3. The molecule has 80 valence electrons. The highest BCUT2D eigenvalue weighted by Gasteiger charge is 2.05. The van der Waals surface area contributed by atoms with Gasteiger partial charge in [-0.15, -0.1) is 6.58 Å². The van der Waals surface area contributed by atoms with Gasteiger partial charge in [0, 0.05) is 12.8 Å². The smallest absolute Gasteiger partial charge is 0.136 e. The molecule has 0 aromatic carbocycles. The van der Waals surface area contributed by atoms with Crippen molar-refractivity contribution in [2.45, 2.75) is 40.0 Å². The maximum atomic E-state index is 11.3. The molecule has 0 heterocycles. The van der Waals surface area contributed by atoms with Crippen LogP contribution < -0.4 is 0 Å². The van der Waals surface area contributed by atoms with E-state index < -0.39 is 0 Å². The van der Waals surface area contributed by atoms with Crippen molar-refractivity contribution in [3.63, 3.8) is 0 Å². The monoisotopic (exact) mass is 194 g/mol. The largest absolute Gasteiger partial charge is 0.299 e. The van der Waals surface area contributed by atoms with Crippen molar-refractivity contribution in [1.29, 1.82) is 0 Å². The van der Waals surface area contributed by atoms with Crippen LogP contribution in [0, 0.1) is 11.8 Å². The fourth-order valence-corrected chi connectivity index (χ4v) is 1.30. The zero-order valence-electron chi connectivity index (χ0n) is 9.62. The Labute approximate surface area is 87.9 Å². The minimum absolute atomic E-state index is 0.297. The summed E-state index contributed by atoms with van der Waals surface area (Å²) in [6, 6.07) is 0. The summed E-state index contributed by atoms with van der Waals surface area (Å²) < 4.78 is 0. The second kappa shape index (κ2) is 7.54. The Morgan fingerprint density at radius 2 is 2.00 bits per heavy atom. The summed E-state index contributed by atoms with van der Waals surface area (Å²) in [5, 5.41) is 0. The van der Waals surface area contributed by atoms with Gasteiger partial charge in [-0.25, -0.2) is 0 Å². The van der Waals surface area contributed by atoms with Crippen LogP contribution in [0.15, 0.2) is 24.8 Å². The molecule has 0 aliphatic carbocycles. The van der Waals surface area contributed by atoms with Gasteiger partial charge in [-0.05, 0) is 18.3 Å². The first-order valence-corrected chi connectivity index (χ1v) is 5.35. The molecule has 0 aromatic heterocycles. The topological polar surface area (TPSA) is 17.1 Å². The lowest BCUT2D eigenvalue weighted by molar-refractivity contribution is -0.119. The van der Waals surface area contributed by atoms with Crippen LogP contribution in [-0.4, -0.2) is 5.78 Å². The lowest BCUT2D eigenvalue weighted by atomic mass is 9.99. The van der Waals surface area contributed by atoms with Gasteiger partial charge in [0.2, 0.25) is 0 Å². The molecule has 1 unspecified atom stereocenters. The summed E-state index contributed by atoms with van der Waals surface area (Å²) in [5.41, 5.74) is 0. The first-order valence-electron chi connectivity index (χ1n) is 5.35. The molecule has 0 bridgehead atoms. The average Bonchev–Trinajstić information content (AvgIpc) is 2.03.